The summed E-state index contributed by atoms with van der Waals surface area (Å²) in [6.07, 6.45) is -8.96. The van der Waals surface area contributed by atoms with E-state index in [9.17, 15) is 28.6 Å². The number of hydrogen-bond donors (Lipinski definition) is 7. The van der Waals surface area contributed by atoms with Gasteiger partial charge in [0, 0.05) is 6.92 Å². The highest BCUT2D eigenvalue weighted by Gasteiger charge is 2.63. The van der Waals surface area contributed by atoms with Crippen LogP contribution >= 0.6 is 0 Å². The van der Waals surface area contributed by atoms with Crippen LogP contribution in [0.2, 0.25) is 0 Å². The van der Waals surface area contributed by atoms with Crippen molar-refractivity contribution in [2.75, 3.05) is 6.61 Å². The van der Waals surface area contributed by atoms with Gasteiger partial charge in [0.05, 0.1) is 12.6 Å². The number of ether oxygens (including phenoxy) is 1. The lowest BCUT2D eigenvalue weighted by Crippen LogP contribution is -2.71. The second kappa shape index (κ2) is 7.86. The number of aliphatic hydroxyl groups excluding tert-OH is 3. The maximum absolute atomic E-state index is 14.6. The Balaban J connectivity index is 3.44. The number of alkyl halides is 2. The van der Waals surface area contributed by atoms with Gasteiger partial charge in [0.15, 0.2) is 12.1 Å². The van der Waals surface area contributed by atoms with Crippen molar-refractivity contribution in [1.29, 1.82) is 0 Å². The van der Waals surface area contributed by atoms with Crippen LogP contribution < -0.4 is 16.8 Å². The number of aliphatic hydroxyl groups is 3. The maximum Gasteiger partial charge on any atom is 0.372 e. The molecule has 7 atom stereocenters. The van der Waals surface area contributed by atoms with Crippen LogP contribution in [0.5, 0.6) is 0 Å². The number of carboxylic acids is 1. The lowest BCUT2D eigenvalue weighted by molar-refractivity contribution is -0.276. The molecule has 0 aliphatic carbocycles. The number of aliphatic imine (C=N–C) groups is 1. The molecule has 1 fully saturated rings. The highest BCUT2D eigenvalue weighted by atomic mass is 19.2. The molecule has 0 aromatic heterocycles. The predicted octanol–water partition coefficient (Wildman–Crippen LogP) is -3.67. The molecule has 0 aromatic rings. The molecule has 1 aliphatic heterocycles. The Labute approximate surface area is 140 Å². The van der Waals surface area contributed by atoms with Crippen molar-refractivity contribution < 1.29 is 43.5 Å². The first-order valence-electron chi connectivity index (χ1n) is 7.02. The van der Waals surface area contributed by atoms with Gasteiger partial charge in [-0.15, -0.1) is 0 Å². The van der Waals surface area contributed by atoms with Gasteiger partial charge >= 0.3 is 11.8 Å². The van der Waals surface area contributed by atoms with Crippen molar-refractivity contribution in [2.45, 2.75) is 49.3 Å². The molecule has 0 saturated carbocycles. The summed E-state index contributed by atoms with van der Waals surface area (Å²) in [6.45, 7) is -0.00752. The molecule has 144 valence electrons. The third kappa shape index (κ3) is 4.31. The molecule has 1 amide bonds. The summed E-state index contributed by atoms with van der Waals surface area (Å²) in [7, 11) is 0. The molecule has 0 unspecified atom stereocenters. The molecule has 0 spiro atoms. The van der Waals surface area contributed by atoms with E-state index in [0.717, 1.165) is 6.92 Å². The summed E-state index contributed by atoms with van der Waals surface area (Å²) in [5.41, 5.74) is 10.3. The summed E-state index contributed by atoms with van der Waals surface area (Å²) in [5, 5.41) is 39.5. The van der Waals surface area contributed by atoms with E-state index in [1.807, 2.05) is 0 Å². The van der Waals surface area contributed by atoms with Crippen molar-refractivity contribution in [1.82, 2.24) is 5.32 Å². The Hall–Kier alpha value is -2.09. The fourth-order valence-electron chi connectivity index (χ4n) is 2.43. The van der Waals surface area contributed by atoms with Gasteiger partial charge in [-0.25, -0.2) is 14.2 Å². The Morgan fingerprint density at radius 3 is 2.36 bits per heavy atom. The molecule has 13 heteroatoms. The predicted molar refractivity (Wildman–Crippen MR) is 77.5 cm³/mol. The highest BCUT2D eigenvalue weighted by molar-refractivity contribution is 5.79. The molecule has 1 saturated heterocycles. The van der Waals surface area contributed by atoms with Gasteiger partial charge in [-0.2, -0.15) is 4.39 Å². The quantitative estimate of drug-likeness (QED) is 0.182. The Morgan fingerprint density at radius 1 is 1.40 bits per heavy atom. The van der Waals surface area contributed by atoms with E-state index in [0.29, 0.717) is 0 Å². The first-order valence-corrected chi connectivity index (χ1v) is 7.02. The van der Waals surface area contributed by atoms with E-state index in [1.54, 1.807) is 0 Å². The number of carbonyl (C=O) groups excluding carboxylic acids is 1. The number of carbonyl (C=O) groups is 2. The van der Waals surface area contributed by atoms with Crippen molar-refractivity contribution >= 4 is 17.8 Å². The molecule has 1 heterocycles. The number of nitrogens with zero attached hydrogens (tertiary/aromatic N) is 1. The first kappa shape index (κ1) is 21.0. The second-order valence-electron chi connectivity index (χ2n) is 5.45. The number of aliphatic carboxylic acids is 1. The number of carboxylic acid groups (broad SMARTS) is 1. The van der Waals surface area contributed by atoms with Gasteiger partial charge in [-0.05, 0) is 0 Å². The Morgan fingerprint density at radius 2 is 1.96 bits per heavy atom. The number of rotatable bonds is 6. The van der Waals surface area contributed by atoms with Gasteiger partial charge in [0.25, 0.3) is 0 Å². The van der Waals surface area contributed by atoms with Crippen LogP contribution in [0.25, 0.3) is 0 Å². The maximum atomic E-state index is 14.6. The fourth-order valence-corrected chi connectivity index (χ4v) is 2.43. The zero-order valence-corrected chi connectivity index (χ0v) is 13.0. The van der Waals surface area contributed by atoms with Crippen LogP contribution in [-0.4, -0.2) is 87.3 Å². The molecule has 25 heavy (non-hydrogen) atoms. The standard InChI is InChI=1S/C12H20F2N4O7/c1-3(20)17-5-6(18-11(15)16)9(13)12(14,10(23)24)25-8(5)7(22)4(21)2-19/h4-9,19,21-22H,2H2,1H3,(H,17,20)(H,23,24)(H4,15,16,18)/t4-,5+,6+,7-,8+,9+,12+/m0/s1. The van der Waals surface area contributed by atoms with E-state index in [2.05, 4.69) is 15.0 Å². The minimum Gasteiger partial charge on any atom is -0.477 e. The zero-order chi connectivity index (χ0) is 19.5. The monoisotopic (exact) mass is 370 g/mol. The van der Waals surface area contributed by atoms with Crippen LogP contribution in [0.1, 0.15) is 6.92 Å². The smallest absolute Gasteiger partial charge is 0.372 e. The number of amides is 1. The van der Waals surface area contributed by atoms with Gasteiger partial charge in [0.2, 0.25) is 5.91 Å². The largest absolute Gasteiger partial charge is 0.477 e. The lowest BCUT2D eigenvalue weighted by Gasteiger charge is -2.45. The molecule has 0 radical (unpaired) electrons. The van der Waals surface area contributed by atoms with E-state index >= 15 is 0 Å². The summed E-state index contributed by atoms with van der Waals surface area (Å²) < 4.78 is 33.6. The zero-order valence-electron chi connectivity index (χ0n) is 13.0. The second-order valence-corrected chi connectivity index (χ2v) is 5.45. The molecular weight excluding hydrogens is 350 g/mol. The van der Waals surface area contributed by atoms with Crippen LogP contribution in [0.15, 0.2) is 4.99 Å². The number of nitrogens with one attached hydrogen (secondary N) is 1. The Bertz CT molecular complexity index is 548. The molecule has 0 aromatic carbocycles. The highest BCUT2D eigenvalue weighted by Crippen LogP contribution is 2.37. The summed E-state index contributed by atoms with van der Waals surface area (Å²) in [5.74, 6) is -7.87. The van der Waals surface area contributed by atoms with Crippen LogP contribution in [0.3, 0.4) is 0 Å². The molecule has 1 aliphatic rings. The summed E-state index contributed by atoms with van der Waals surface area (Å²) in [6, 6.07) is -3.64. The number of guanidine groups is 1. The number of nitrogens with two attached hydrogens (primary N) is 2. The summed E-state index contributed by atoms with van der Waals surface area (Å²) in [4.78, 5) is 25.9. The Kier molecular flexibility index (Phi) is 6.59. The number of hydrogen-bond acceptors (Lipinski definition) is 7. The first-order chi connectivity index (χ1) is 11.5. The van der Waals surface area contributed by atoms with Crippen molar-refractivity contribution in [3.63, 3.8) is 0 Å². The molecular formula is C12H20F2N4O7. The van der Waals surface area contributed by atoms with E-state index in [-0.39, 0.29) is 0 Å². The van der Waals surface area contributed by atoms with E-state index in [1.165, 1.54) is 0 Å². The van der Waals surface area contributed by atoms with Crippen LogP contribution in [0.4, 0.5) is 8.78 Å². The van der Waals surface area contributed by atoms with E-state index in [4.69, 9.17) is 21.7 Å². The molecule has 11 nitrogen and oxygen atoms in total. The molecule has 0 bridgehead atoms. The van der Waals surface area contributed by atoms with Gasteiger partial charge < -0.3 is 41.9 Å². The van der Waals surface area contributed by atoms with Crippen molar-refractivity contribution in [3.05, 3.63) is 0 Å². The topological polar surface area (TPSA) is 201 Å². The van der Waals surface area contributed by atoms with Crippen molar-refractivity contribution in [2.24, 2.45) is 16.5 Å². The third-order valence-corrected chi connectivity index (χ3v) is 3.56. The van der Waals surface area contributed by atoms with Crippen LogP contribution in [-0.2, 0) is 14.3 Å². The van der Waals surface area contributed by atoms with Crippen LogP contribution in [0, 0.1) is 0 Å². The SMILES string of the molecule is CC(=O)N[C@@H]1[C@@H](N=C(N)N)[C@@H](F)[C@](F)(C(=O)O)O[C@H]1[C@@H](O)[C@@H](O)CO. The van der Waals surface area contributed by atoms with Gasteiger partial charge in [-0.1, -0.05) is 0 Å². The molecule has 9 N–H and O–H groups in total. The third-order valence-electron chi connectivity index (χ3n) is 3.56. The minimum absolute atomic E-state index is 0.742. The van der Waals surface area contributed by atoms with Gasteiger partial charge in [-0.3, -0.25) is 4.79 Å². The lowest BCUT2D eigenvalue weighted by atomic mass is 9.86. The average molecular weight is 370 g/mol. The van der Waals surface area contributed by atoms with Crippen molar-refractivity contribution in [3.8, 4) is 0 Å². The van der Waals surface area contributed by atoms with E-state index < -0.39 is 66.9 Å². The normalized spacial score (nSPS) is 34.6. The van der Waals surface area contributed by atoms with Gasteiger partial charge in [0.1, 0.15) is 24.4 Å². The fraction of sp³-hybridized carbons (Fsp3) is 0.750. The number of halogens is 2. The average Bonchev–Trinajstić information content (AvgIpc) is 2.51. The summed E-state index contributed by atoms with van der Waals surface area (Å²) >= 11 is 0. The minimum atomic E-state index is -3.97. The molecule has 1 rings (SSSR count).